The van der Waals surface area contributed by atoms with Crippen molar-refractivity contribution in [2.75, 3.05) is 19.7 Å². The van der Waals surface area contributed by atoms with Crippen LogP contribution < -0.4 is 10.1 Å². The van der Waals surface area contributed by atoms with E-state index in [1.807, 2.05) is 0 Å². The molecule has 2 rings (SSSR count). The van der Waals surface area contributed by atoms with Gasteiger partial charge in [0.1, 0.15) is 0 Å². The molecule has 1 fully saturated rings. The summed E-state index contributed by atoms with van der Waals surface area (Å²) in [7, 11) is 0. The van der Waals surface area contributed by atoms with Crippen LogP contribution in [0.1, 0.15) is 19.3 Å². The maximum atomic E-state index is 5.71. The summed E-state index contributed by atoms with van der Waals surface area (Å²) in [6, 6.07) is 0. The molecule has 5 heteroatoms. The molecule has 0 unspecified atom stereocenters. The molecule has 0 aliphatic carbocycles. The summed E-state index contributed by atoms with van der Waals surface area (Å²) in [5.74, 6) is 1.29. The van der Waals surface area contributed by atoms with Gasteiger partial charge < -0.3 is 10.1 Å². The van der Waals surface area contributed by atoms with E-state index in [1.165, 1.54) is 19.0 Å². The first-order chi connectivity index (χ1) is 7.84. The fraction of sp³-hybridized carbons (Fsp3) is 0.636. The van der Waals surface area contributed by atoms with Crippen molar-refractivity contribution in [2.45, 2.75) is 19.3 Å². The summed E-state index contributed by atoms with van der Waals surface area (Å²) >= 11 is 5.71. The van der Waals surface area contributed by atoms with Crippen LogP contribution >= 0.6 is 11.6 Å². The average Bonchev–Trinajstić information content (AvgIpc) is 2.30. The number of aromatic nitrogens is 2. The first-order valence-corrected chi connectivity index (χ1v) is 6.03. The molecular formula is C11H16ClN3O. The molecule has 0 amide bonds. The van der Waals surface area contributed by atoms with Crippen LogP contribution in [0.2, 0.25) is 5.15 Å². The summed E-state index contributed by atoms with van der Waals surface area (Å²) in [4.78, 5) is 7.94. The summed E-state index contributed by atoms with van der Waals surface area (Å²) < 4.78 is 5.51. The van der Waals surface area contributed by atoms with Crippen LogP contribution in [0.5, 0.6) is 5.88 Å². The first kappa shape index (κ1) is 11.6. The first-order valence-electron chi connectivity index (χ1n) is 5.65. The summed E-state index contributed by atoms with van der Waals surface area (Å²) in [6.07, 6.45) is 6.65. The molecule has 1 aliphatic rings. The number of rotatable bonds is 4. The van der Waals surface area contributed by atoms with Gasteiger partial charge >= 0.3 is 0 Å². The molecule has 0 radical (unpaired) electrons. The quantitative estimate of drug-likeness (QED) is 0.875. The Morgan fingerprint density at radius 1 is 1.38 bits per heavy atom. The number of nitrogens with zero attached hydrogens (tertiary/aromatic N) is 2. The van der Waals surface area contributed by atoms with E-state index in [2.05, 4.69) is 15.3 Å². The Balaban J connectivity index is 1.71. The van der Waals surface area contributed by atoms with E-state index in [4.69, 9.17) is 16.3 Å². The SMILES string of the molecule is Clc1cncc(OCCC2CCNCC2)n1. The highest BCUT2D eigenvalue weighted by Crippen LogP contribution is 2.16. The second-order valence-corrected chi connectivity index (χ2v) is 4.40. The minimum absolute atomic E-state index is 0.374. The average molecular weight is 242 g/mol. The van der Waals surface area contributed by atoms with Crippen molar-refractivity contribution in [1.29, 1.82) is 0 Å². The van der Waals surface area contributed by atoms with E-state index in [0.29, 0.717) is 17.6 Å². The molecule has 0 bridgehead atoms. The van der Waals surface area contributed by atoms with Gasteiger partial charge in [0, 0.05) is 0 Å². The van der Waals surface area contributed by atoms with Gasteiger partial charge in [-0.05, 0) is 38.3 Å². The summed E-state index contributed by atoms with van der Waals surface area (Å²) in [5, 5.41) is 3.72. The number of piperidine rings is 1. The molecule has 2 heterocycles. The van der Waals surface area contributed by atoms with Gasteiger partial charge in [-0.3, -0.25) is 4.98 Å². The van der Waals surface area contributed by atoms with E-state index in [-0.39, 0.29) is 0 Å². The Hall–Kier alpha value is -0.870. The predicted molar refractivity (Wildman–Crippen MR) is 62.7 cm³/mol. The second-order valence-electron chi connectivity index (χ2n) is 4.01. The van der Waals surface area contributed by atoms with Crippen molar-refractivity contribution in [3.05, 3.63) is 17.5 Å². The lowest BCUT2D eigenvalue weighted by Crippen LogP contribution is -2.28. The van der Waals surface area contributed by atoms with Gasteiger partial charge in [0.25, 0.3) is 0 Å². The number of nitrogens with one attached hydrogen (secondary N) is 1. The number of hydrogen-bond acceptors (Lipinski definition) is 4. The van der Waals surface area contributed by atoms with Gasteiger partial charge in [-0.2, -0.15) is 4.98 Å². The fourth-order valence-corrected chi connectivity index (χ4v) is 2.04. The van der Waals surface area contributed by atoms with Crippen LogP contribution in [-0.2, 0) is 0 Å². The van der Waals surface area contributed by atoms with Gasteiger partial charge in [-0.25, -0.2) is 0 Å². The molecule has 16 heavy (non-hydrogen) atoms. The van der Waals surface area contributed by atoms with E-state index in [0.717, 1.165) is 25.4 Å². The molecule has 1 aromatic heterocycles. The van der Waals surface area contributed by atoms with Gasteiger partial charge in [-0.1, -0.05) is 11.6 Å². The molecule has 88 valence electrons. The largest absolute Gasteiger partial charge is 0.477 e. The van der Waals surface area contributed by atoms with Crippen LogP contribution in [0.25, 0.3) is 0 Å². The Morgan fingerprint density at radius 2 is 2.19 bits per heavy atom. The van der Waals surface area contributed by atoms with E-state index < -0.39 is 0 Å². The molecule has 1 saturated heterocycles. The highest BCUT2D eigenvalue weighted by atomic mass is 35.5. The minimum atomic E-state index is 0.374. The predicted octanol–water partition coefficient (Wildman–Crippen LogP) is 1.90. The van der Waals surface area contributed by atoms with E-state index in [9.17, 15) is 0 Å². The van der Waals surface area contributed by atoms with Crippen molar-refractivity contribution in [2.24, 2.45) is 5.92 Å². The van der Waals surface area contributed by atoms with Crippen LogP contribution in [0.3, 0.4) is 0 Å². The van der Waals surface area contributed by atoms with Gasteiger partial charge in [0.05, 0.1) is 19.0 Å². The molecular weight excluding hydrogens is 226 g/mol. The van der Waals surface area contributed by atoms with E-state index >= 15 is 0 Å². The van der Waals surface area contributed by atoms with Crippen LogP contribution in [-0.4, -0.2) is 29.7 Å². The molecule has 0 spiro atoms. The number of halogens is 1. The van der Waals surface area contributed by atoms with Crippen LogP contribution in [0.4, 0.5) is 0 Å². The van der Waals surface area contributed by atoms with Gasteiger partial charge in [-0.15, -0.1) is 0 Å². The zero-order valence-corrected chi connectivity index (χ0v) is 9.91. The van der Waals surface area contributed by atoms with Crippen LogP contribution in [0, 0.1) is 5.92 Å². The smallest absolute Gasteiger partial charge is 0.233 e. The summed E-state index contributed by atoms with van der Waals surface area (Å²) in [5.41, 5.74) is 0. The molecule has 1 aliphatic heterocycles. The third-order valence-electron chi connectivity index (χ3n) is 2.82. The highest BCUT2D eigenvalue weighted by molar-refractivity contribution is 6.29. The van der Waals surface area contributed by atoms with Crippen molar-refractivity contribution in [1.82, 2.24) is 15.3 Å². The van der Waals surface area contributed by atoms with E-state index in [1.54, 1.807) is 6.20 Å². The van der Waals surface area contributed by atoms with Crippen molar-refractivity contribution < 1.29 is 4.74 Å². The fourth-order valence-electron chi connectivity index (χ4n) is 1.90. The van der Waals surface area contributed by atoms with Crippen LogP contribution in [0.15, 0.2) is 12.4 Å². The molecule has 0 aromatic carbocycles. The normalized spacial score (nSPS) is 17.3. The Morgan fingerprint density at radius 3 is 2.94 bits per heavy atom. The zero-order valence-electron chi connectivity index (χ0n) is 9.16. The van der Waals surface area contributed by atoms with Crippen molar-refractivity contribution in [3.8, 4) is 5.88 Å². The number of hydrogen-bond donors (Lipinski definition) is 1. The highest BCUT2D eigenvalue weighted by Gasteiger charge is 2.12. The van der Waals surface area contributed by atoms with Gasteiger partial charge in [0.15, 0.2) is 5.15 Å². The lowest BCUT2D eigenvalue weighted by Gasteiger charge is -2.22. The standard InChI is InChI=1S/C11H16ClN3O/c12-10-7-14-8-11(15-10)16-6-3-9-1-4-13-5-2-9/h7-9,13H,1-6H2. The third kappa shape index (κ3) is 3.61. The Bertz CT molecular complexity index is 329. The lowest BCUT2D eigenvalue weighted by atomic mass is 9.95. The maximum absolute atomic E-state index is 5.71. The third-order valence-corrected chi connectivity index (χ3v) is 3.00. The Kier molecular flexibility index (Phi) is 4.36. The number of ether oxygens (including phenoxy) is 1. The van der Waals surface area contributed by atoms with Crippen molar-refractivity contribution in [3.63, 3.8) is 0 Å². The molecule has 1 N–H and O–H groups in total. The topological polar surface area (TPSA) is 47.0 Å². The molecule has 0 atom stereocenters. The molecule has 4 nitrogen and oxygen atoms in total. The lowest BCUT2D eigenvalue weighted by molar-refractivity contribution is 0.244. The molecule has 0 saturated carbocycles. The molecule has 1 aromatic rings. The maximum Gasteiger partial charge on any atom is 0.233 e. The zero-order chi connectivity index (χ0) is 11.2. The van der Waals surface area contributed by atoms with Gasteiger partial charge in [0.2, 0.25) is 5.88 Å². The second kappa shape index (κ2) is 6.01. The summed E-state index contributed by atoms with van der Waals surface area (Å²) in [6.45, 7) is 2.95. The van der Waals surface area contributed by atoms with Crippen molar-refractivity contribution >= 4 is 11.6 Å². The Labute approximate surface area is 100 Å². The monoisotopic (exact) mass is 241 g/mol. The minimum Gasteiger partial charge on any atom is -0.477 e.